The molecule has 0 fully saturated rings. The summed E-state index contributed by atoms with van der Waals surface area (Å²) in [6.45, 7) is 7.06. The molecule has 0 heterocycles. The normalized spacial score (nSPS) is 11.4. The first-order valence-corrected chi connectivity index (χ1v) is 5.00. The second kappa shape index (κ2) is 6.36. The molecule has 0 aliphatic carbocycles. The number of ketones is 1. The zero-order chi connectivity index (χ0) is 11.8. The summed E-state index contributed by atoms with van der Waals surface area (Å²) < 4.78 is 0. The maximum Gasteiger partial charge on any atom is 0.178 e. The van der Waals surface area contributed by atoms with E-state index in [4.69, 9.17) is 0 Å². The van der Waals surface area contributed by atoms with Crippen LogP contribution in [-0.2, 0) is 4.79 Å². The third-order valence-electron chi connectivity index (χ3n) is 2.02. The van der Waals surface area contributed by atoms with Gasteiger partial charge in [0.2, 0.25) is 0 Å². The molecule has 16 heavy (non-hydrogen) atoms. The van der Waals surface area contributed by atoms with E-state index >= 15 is 0 Å². The summed E-state index contributed by atoms with van der Waals surface area (Å²) in [5.41, 5.74) is 1.85. The minimum absolute atomic E-state index is 0.104. The summed E-state index contributed by atoms with van der Waals surface area (Å²) >= 11 is 0. The summed E-state index contributed by atoms with van der Waals surface area (Å²) in [7, 11) is 0. The quantitative estimate of drug-likeness (QED) is 0.536. The summed E-state index contributed by atoms with van der Waals surface area (Å²) in [5, 5.41) is 0. The van der Waals surface area contributed by atoms with Gasteiger partial charge in [-0.3, -0.25) is 4.79 Å². The molecule has 0 spiro atoms. The molecule has 0 bridgehead atoms. The molecular formula is C15H14O. The van der Waals surface area contributed by atoms with Gasteiger partial charge in [0.25, 0.3) is 0 Å². The number of carbonyl (C=O) groups is 1. The second-order valence-corrected chi connectivity index (χ2v) is 3.17. The highest BCUT2D eigenvalue weighted by Crippen LogP contribution is 2.15. The highest BCUT2D eigenvalue weighted by atomic mass is 16.1. The van der Waals surface area contributed by atoms with E-state index in [2.05, 4.69) is 13.2 Å². The van der Waals surface area contributed by atoms with Crippen LogP contribution in [0.2, 0.25) is 0 Å². The number of allylic oxidation sites excluding steroid dienone is 6. The number of benzene rings is 1. The van der Waals surface area contributed by atoms with Crippen molar-refractivity contribution in [2.75, 3.05) is 0 Å². The predicted octanol–water partition coefficient (Wildman–Crippen LogP) is 3.57. The van der Waals surface area contributed by atoms with Crippen LogP contribution in [0.4, 0.5) is 0 Å². The van der Waals surface area contributed by atoms with Gasteiger partial charge in [0.15, 0.2) is 5.78 Å². The lowest BCUT2D eigenvalue weighted by Gasteiger charge is -2.00. The Balaban J connectivity index is 3.10. The molecule has 1 aromatic carbocycles. The Morgan fingerprint density at radius 1 is 1.12 bits per heavy atom. The van der Waals surface area contributed by atoms with Crippen molar-refractivity contribution in [3.8, 4) is 0 Å². The summed E-state index contributed by atoms with van der Waals surface area (Å²) in [6.07, 6.45) is 8.18. The molecule has 1 aromatic rings. The van der Waals surface area contributed by atoms with E-state index in [-0.39, 0.29) is 5.78 Å². The van der Waals surface area contributed by atoms with Gasteiger partial charge in [-0.1, -0.05) is 61.7 Å². The lowest BCUT2D eigenvalue weighted by atomic mass is 10.0. The zero-order valence-electron chi connectivity index (χ0n) is 9.10. The fraction of sp³-hybridized carbons (Fsp3) is 0. The van der Waals surface area contributed by atoms with Crippen molar-refractivity contribution in [1.29, 1.82) is 0 Å². The first kappa shape index (κ1) is 11.9. The molecule has 0 aliphatic heterocycles. The Bertz CT molecular complexity index is 436. The number of hydrogen-bond donors (Lipinski definition) is 0. The zero-order valence-corrected chi connectivity index (χ0v) is 9.10. The van der Waals surface area contributed by atoms with Gasteiger partial charge in [0, 0.05) is 0 Å². The van der Waals surface area contributed by atoms with Crippen LogP contribution >= 0.6 is 0 Å². The number of hydrogen-bond acceptors (Lipinski definition) is 1. The van der Waals surface area contributed by atoms with Gasteiger partial charge in [-0.15, -0.1) is 0 Å². The van der Waals surface area contributed by atoms with E-state index in [1.165, 1.54) is 6.08 Å². The Morgan fingerprint density at radius 2 is 1.81 bits per heavy atom. The van der Waals surface area contributed by atoms with E-state index in [9.17, 15) is 4.79 Å². The molecule has 80 valence electrons. The van der Waals surface area contributed by atoms with Crippen LogP contribution in [0.3, 0.4) is 0 Å². The van der Waals surface area contributed by atoms with E-state index in [0.29, 0.717) is 0 Å². The molecule has 0 radical (unpaired) electrons. The maximum absolute atomic E-state index is 11.3. The van der Waals surface area contributed by atoms with Crippen LogP contribution in [0.15, 0.2) is 73.9 Å². The van der Waals surface area contributed by atoms with Crippen LogP contribution in [0.1, 0.15) is 5.56 Å². The molecule has 0 atom stereocenters. The lowest BCUT2D eigenvalue weighted by Crippen LogP contribution is -1.88. The van der Waals surface area contributed by atoms with Gasteiger partial charge in [0.1, 0.15) is 0 Å². The number of carbonyl (C=O) groups excluding carboxylic acids is 1. The third kappa shape index (κ3) is 3.54. The molecule has 0 N–H and O–H groups in total. The fourth-order valence-electron chi connectivity index (χ4n) is 1.24. The van der Waals surface area contributed by atoms with Crippen LogP contribution in [0.25, 0.3) is 5.57 Å². The number of rotatable bonds is 5. The Morgan fingerprint density at radius 3 is 2.38 bits per heavy atom. The second-order valence-electron chi connectivity index (χ2n) is 3.17. The van der Waals surface area contributed by atoms with Crippen molar-refractivity contribution >= 4 is 11.4 Å². The van der Waals surface area contributed by atoms with Gasteiger partial charge in [-0.2, -0.15) is 0 Å². The van der Waals surface area contributed by atoms with Gasteiger partial charge in [-0.05, 0) is 23.3 Å². The van der Waals surface area contributed by atoms with E-state index in [1.54, 1.807) is 18.2 Å². The average molecular weight is 210 g/mol. The topological polar surface area (TPSA) is 17.1 Å². The first-order valence-electron chi connectivity index (χ1n) is 5.00. The average Bonchev–Trinajstić information content (AvgIpc) is 2.35. The molecule has 1 nitrogen and oxygen atoms in total. The minimum Gasteiger partial charge on any atom is -0.290 e. The highest BCUT2D eigenvalue weighted by molar-refractivity contribution is 6.05. The van der Waals surface area contributed by atoms with Crippen molar-refractivity contribution in [3.63, 3.8) is 0 Å². The van der Waals surface area contributed by atoms with Crippen LogP contribution in [0.5, 0.6) is 0 Å². The Hall–Kier alpha value is -2.15. The third-order valence-corrected chi connectivity index (χ3v) is 2.02. The highest BCUT2D eigenvalue weighted by Gasteiger charge is 1.98. The van der Waals surface area contributed by atoms with E-state index in [0.717, 1.165) is 11.1 Å². The smallest absolute Gasteiger partial charge is 0.178 e. The predicted molar refractivity (Wildman–Crippen MR) is 69.0 cm³/mol. The van der Waals surface area contributed by atoms with Gasteiger partial charge in [-0.25, -0.2) is 0 Å². The molecule has 1 rings (SSSR count). The van der Waals surface area contributed by atoms with Crippen molar-refractivity contribution in [3.05, 3.63) is 79.4 Å². The first-order chi connectivity index (χ1) is 7.77. The Kier molecular flexibility index (Phi) is 4.74. The molecule has 0 aromatic heterocycles. The van der Waals surface area contributed by atoms with Crippen LogP contribution in [-0.4, -0.2) is 5.78 Å². The molecule has 1 heteroatoms. The van der Waals surface area contributed by atoms with Gasteiger partial charge >= 0.3 is 0 Å². The van der Waals surface area contributed by atoms with Gasteiger partial charge < -0.3 is 0 Å². The molecule has 0 aliphatic rings. The van der Waals surface area contributed by atoms with Crippen LogP contribution in [0, 0.1) is 0 Å². The summed E-state index contributed by atoms with van der Waals surface area (Å²) in [4.78, 5) is 11.3. The summed E-state index contributed by atoms with van der Waals surface area (Å²) in [5.74, 6) is -0.104. The van der Waals surface area contributed by atoms with Crippen molar-refractivity contribution < 1.29 is 4.79 Å². The molecular weight excluding hydrogens is 196 g/mol. The molecule has 0 saturated carbocycles. The molecule has 0 saturated heterocycles. The van der Waals surface area contributed by atoms with E-state index < -0.39 is 0 Å². The Labute approximate surface area is 96.1 Å². The summed E-state index contributed by atoms with van der Waals surface area (Å²) in [6, 6.07) is 9.71. The maximum atomic E-state index is 11.3. The molecule has 0 amide bonds. The standard InChI is InChI=1S/C15H14O/c1-3-5-9-14(12-15(16)4-2)13-10-7-6-8-11-13/h3-12H,1-2H2. The van der Waals surface area contributed by atoms with Crippen molar-refractivity contribution in [2.24, 2.45) is 0 Å². The SMILES string of the molecule is C=CC=CC(=CC(=O)C=C)c1ccccc1. The van der Waals surface area contributed by atoms with Gasteiger partial charge in [0.05, 0.1) is 0 Å². The fourth-order valence-corrected chi connectivity index (χ4v) is 1.24. The monoisotopic (exact) mass is 210 g/mol. The lowest BCUT2D eigenvalue weighted by molar-refractivity contribution is -0.110. The van der Waals surface area contributed by atoms with Crippen molar-refractivity contribution in [2.45, 2.75) is 0 Å². The van der Waals surface area contributed by atoms with Crippen LogP contribution < -0.4 is 0 Å². The van der Waals surface area contributed by atoms with Crippen molar-refractivity contribution in [1.82, 2.24) is 0 Å². The largest absolute Gasteiger partial charge is 0.290 e. The minimum atomic E-state index is -0.104. The van der Waals surface area contributed by atoms with E-state index in [1.807, 2.05) is 36.4 Å². The molecule has 0 unspecified atom stereocenters.